The number of nitrogens with zero attached hydrogens (tertiary/aromatic N) is 2. The van der Waals surface area contributed by atoms with Crippen LogP contribution in [0.4, 0.5) is 0 Å². The van der Waals surface area contributed by atoms with Crippen molar-refractivity contribution in [3.05, 3.63) is 129 Å². The van der Waals surface area contributed by atoms with Crippen LogP contribution in [0.1, 0.15) is 56.5 Å². The van der Waals surface area contributed by atoms with E-state index in [1.807, 2.05) is 78.9 Å². The summed E-state index contributed by atoms with van der Waals surface area (Å²) in [7, 11) is 4.65. The van der Waals surface area contributed by atoms with E-state index in [1.165, 1.54) is 43.6 Å². The molecule has 1 saturated heterocycles. The minimum Gasteiger partial charge on any atom is -0.497 e. The summed E-state index contributed by atoms with van der Waals surface area (Å²) >= 11 is 0. The number of hydrogen-bond donors (Lipinski definition) is 2. The Bertz CT molecular complexity index is 1910. The maximum atomic E-state index is 13.1. The molecule has 15 heteroatoms. The Labute approximate surface area is 338 Å². The van der Waals surface area contributed by atoms with E-state index in [9.17, 15) is 19.2 Å². The predicted octanol–water partition coefficient (Wildman–Crippen LogP) is 4.62. The van der Waals surface area contributed by atoms with Crippen molar-refractivity contribution in [2.24, 2.45) is 0 Å². The van der Waals surface area contributed by atoms with Gasteiger partial charge in [-0.15, -0.1) is 0 Å². The van der Waals surface area contributed by atoms with Gasteiger partial charge in [0.25, 0.3) is 5.56 Å². The lowest BCUT2D eigenvalue weighted by Crippen LogP contribution is -2.47. The number of methoxy groups -OCH3 is 3. The summed E-state index contributed by atoms with van der Waals surface area (Å²) in [5.74, 6) is -0.685. The topological polar surface area (TPSA) is 177 Å². The van der Waals surface area contributed by atoms with E-state index in [4.69, 9.17) is 38.3 Å². The van der Waals surface area contributed by atoms with Crippen molar-refractivity contribution in [3.63, 3.8) is 0 Å². The molecule has 4 atom stereocenters. The highest BCUT2D eigenvalue weighted by Crippen LogP contribution is 2.46. The largest absolute Gasteiger partial charge is 0.497 e. The van der Waals surface area contributed by atoms with Gasteiger partial charge < -0.3 is 43.2 Å². The summed E-state index contributed by atoms with van der Waals surface area (Å²) in [6.07, 6.45) is -3.83. The fraction of sp³-hybridized carbons (Fsp3) is 0.442. The van der Waals surface area contributed by atoms with Crippen LogP contribution in [0.3, 0.4) is 0 Å². The molecular weight excluding hydrogens is 750 g/mol. The minimum atomic E-state index is -1.38. The molecule has 5 rings (SSSR count). The molecule has 58 heavy (non-hydrogen) atoms. The molecule has 0 unspecified atom stereocenters. The first-order valence-electron chi connectivity index (χ1n) is 19.2. The molecule has 1 aliphatic heterocycles. The summed E-state index contributed by atoms with van der Waals surface area (Å²) < 4.78 is 43.1. The second-order valence-electron chi connectivity index (χ2n) is 13.2. The number of carbonyl (C=O) groups excluding carboxylic acids is 1. The standard InChI is InChI=1S/C37H40N2O12.C6H15N/c1-45-21-22-48-34-33(29(23-49-32(43)18-17-31(41)42)50-35(34)39-20-19-30(40)38-36(39)44)51-37(24-7-5-4-6-8-24,25-9-13-27(46-2)14-10-25)26-11-15-28(47-3)16-12-26;1-4-7(5-2)6-3/h4-16,19-20,29,33-35H,17-18,21-23H2,1-3H3,(H,41,42)(H,38,40,44);4-6H2,1-3H3/t29-,33-,34-,35-;/m1./s1. The van der Waals surface area contributed by atoms with E-state index in [0.29, 0.717) is 22.6 Å². The highest BCUT2D eigenvalue weighted by atomic mass is 16.6. The Balaban J connectivity index is 0.000000973. The van der Waals surface area contributed by atoms with Gasteiger partial charge in [-0.1, -0.05) is 75.4 Å². The molecule has 0 spiro atoms. The van der Waals surface area contributed by atoms with Crippen molar-refractivity contribution in [1.82, 2.24) is 14.5 Å². The lowest BCUT2D eigenvalue weighted by Gasteiger charge is -2.40. The SMILES string of the molecule is CCN(CC)CC.COCCO[C@@H]1[C@H](OC(c2ccccc2)(c2ccc(OC)cc2)c2ccc(OC)cc2)[C@@H](COC(=O)CCC(=O)O)O[C@H]1n1ccc(=O)[nH]c1=O. The van der Waals surface area contributed by atoms with E-state index in [0.717, 1.165) is 5.56 Å². The number of aromatic amines is 1. The predicted molar refractivity (Wildman–Crippen MR) is 215 cm³/mol. The molecule has 3 aromatic carbocycles. The van der Waals surface area contributed by atoms with Gasteiger partial charge in [0.15, 0.2) is 6.23 Å². The number of benzene rings is 3. The van der Waals surface area contributed by atoms with Gasteiger partial charge in [0.1, 0.15) is 42.0 Å². The Morgan fingerprint density at radius 2 is 1.34 bits per heavy atom. The van der Waals surface area contributed by atoms with E-state index < -0.39 is 59.7 Å². The smallest absolute Gasteiger partial charge is 0.330 e. The Morgan fingerprint density at radius 3 is 1.83 bits per heavy atom. The summed E-state index contributed by atoms with van der Waals surface area (Å²) in [5, 5.41) is 9.09. The number of nitrogens with one attached hydrogen (secondary N) is 1. The zero-order chi connectivity index (χ0) is 42.1. The van der Waals surface area contributed by atoms with E-state index in [-0.39, 0.29) is 26.2 Å². The van der Waals surface area contributed by atoms with Gasteiger partial charge in [-0.25, -0.2) is 4.79 Å². The molecule has 314 valence electrons. The molecule has 1 aromatic heterocycles. The molecule has 0 bridgehead atoms. The maximum absolute atomic E-state index is 13.1. The van der Waals surface area contributed by atoms with Gasteiger partial charge >= 0.3 is 17.6 Å². The number of ether oxygens (including phenoxy) is 7. The van der Waals surface area contributed by atoms with Crippen LogP contribution in [-0.2, 0) is 38.9 Å². The van der Waals surface area contributed by atoms with Crippen LogP contribution in [0.15, 0.2) is 101 Å². The number of aromatic nitrogens is 2. The number of carboxylic acids is 1. The number of carbonyl (C=O) groups is 2. The summed E-state index contributed by atoms with van der Waals surface area (Å²) in [6, 6.07) is 25.4. The third-order valence-electron chi connectivity index (χ3n) is 9.79. The molecule has 0 aliphatic carbocycles. The lowest BCUT2D eigenvalue weighted by molar-refractivity contribution is -0.157. The average molecular weight is 806 g/mol. The van der Waals surface area contributed by atoms with Gasteiger partial charge in [0, 0.05) is 19.4 Å². The molecular formula is C43H55N3O12. The van der Waals surface area contributed by atoms with Crippen molar-refractivity contribution in [3.8, 4) is 11.5 Å². The van der Waals surface area contributed by atoms with Crippen LogP contribution in [-0.4, -0.2) is 111 Å². The zero-order valence-electron chi connectivity index (χ0n) is 34.0. The van der Waals surface area contributed by atoms with Crippen molar-refractivity contribution < 1.29 is 47.9 Å². The first kappa shape index (κ1) is 45.4. The van der Waals surface area contributed by atoms with Crippen LogP contribution < -0.4 is 20.7 Å². The molecule has 4 aromatic rings. The Hall–Kier alpha value is -5.32. The van der Waals surface area contributed by atoms with Gasteiger partial charge in [-0.2, -0.15) is 0 Å². The number of H-pyrrole nitrogens is 1. The van der Waals surface area contributed by atoms with Crippen molar-refractivity contribution in [2.45, 2.75) is 63.8 Å². The maximum Gasteiger partial charge on any atom is 0.330 e. The van der Waals surface area contributed by atoms with Crippen LogP contribution in [0.2, 0.25) is 0 Å². The summed E-state index contributed by atoms with van der Waals surface area (Å²) in [5.41, 5.74) is -0.643. The third-order valence-corrected chi connectivity index (χ3v) is 9.79. The second-order valence-corrected chi connectivity index (χ2v) is 13.2. The summed E-state index contributed by atoms with van der Waals surface area (Å²) in [4.78, 5) is 53.6. The fourth-order valence-electron chi connectivity index (χ4n) is 6.64. The fourth-order valence-corrected chi connectivity index (χ4v) is 6.64. The van der Waals surface area contributed by atoms with E-state index in [2.05, 4.69) is 30.7 Å². The highest BCUT2D eigenvalue weighted by Gasteiger charge is 2.53. The number of hydrogen-bond acceptors (Lipinski definition) is 12. The van der Waals surface area contributed by atoms with Gasteiger partial charge in [0.2, 0.25) is 0 Å². The monoisotopic (exact) mass is 805 g/mol. The number of esters is 1. The molecule has 0 amide bonds. The van der Waals surface area contributed by atoms with Crippen LogP contribution in [0.5, 0.6) is 11.5 Å². The Morgan fingerprint density at radius 1 is 0.776 bits per heavy atom. The number of carboxylic acid groups (broad SMARTS) is 1. The normalized spacial score (nSPS) is 17.6. The molecule has 1 aliphatic rings. The van der Waals surface area contributed by atoms with Crippen molar-refractivity contribution in [2.75, 3.05) is 60.8 Å². The average Bonchev–Trinajstić information content (AvgIpc) is 3.58. The second kappa shape index (κ2) is 22.6. The van der Waals surface area contributed by atoms with Crippen LogP contribution >= 0.6 is 0 Å². The summed E-state index contributed by atoms with van der Waals surface area (Å²) in [6.45, 7) is 10.00. The Kier molecular flexibility index (Phi) is 17.7. The molecule has 1 fully saturated rings. The molecule has 0 saturated carbocycles. The first-order valence-corrected chi connectivity index (χ1v) is 19.2. The highest BCUT2D eigenvalue weighted by molar-refractivity contribution is 5.76. The molecule has 2 N–H and O–H groups in total. The number of aliphatic carboxylic acids is 1. The van der Waals surface area contributed by atoms with Gasteiger partial charge in [0.05, 0.1) is 40.3 Å². The van der Waals surface area contributed by atoms with Crippen molar-refractivity contribution in [1.29, 1.82) is 0 Å². The minimum absolute atomic E-state index is 0.0630. The molecule has 15 nitrogen and oxygen atoms in total. The molecule has 2 heterocycles. The van der Waals surface area contributed by atoms with Crippen LogP contribution in [0.25, 0.3) is 0 Å². The lowest BCUT2D eigenvalue weighted by atomic mass is 9.79. The number of rotatable bonds is 20. The van der Waals surface area contributed by atoms with Crippen LogP contribution in [0, 0.1) is 0 Å². The van der Waals surface area contributed by atoms with E-state index in [1.54, 1.807) is 14.2 Å². The van der Waals surface area contributed by atoms with Gasteiger partial charge in [-0.05, 0) is 60.6 Å². The van der Waals surface area contributed by atoms with E-state index >= 15 is 0 Å². The molecule has 0 radical (unpaired) electrons. The van der Waals surface area contributed by atoms with Gasteiger partial charge in [-0.3, -0.25) is 23.9 Å². The van der Waals surface area contributed by atoms with Crippen molar-refractivity contribution >= 4 is 11.9 Å². The first-order chi connectivity index (χ1) is 28.0. The quantitative estimate of drug-likeness (QED) is 0.0720. The zero-order valence-corrected chi connectivity index (χ0v) is 34.0. The third kappa shape index (κ3) is 11.6.